The van der Waals surface area contributed by atoms with E-state index in [0.29, 0.717) is 0 Å². The zero-order valence-corrected chi connectivity index (χ0v) is 29.6. The second-order valence-corrected chi connectivity index (χ2v) is 13.8. The number of para-hydroxylation sites is 1. The minimum atomic E-state index is 0.884. The highest BCUT2D eigenvalue weighted by atomic mass is 15.3. The van der Waals surface area contributed by atoms with Crippen molar-refractivity contribution in [3.8, 4) is 50.5 Å². The van der Waals surface area contributed by atoms with Crippen molar-refractivity contribution < 1.29 is 0 Å². The van der Waals surface area contributed by atoms with Gasteiger partial charge in [0.15, 0.2) is 0 Å². The summed E-state index contributed by atoms with van der Waals surface area (Å²) in [5.74, 6) is 0. The van der Waals surface area contributed by atoms with Crippen LogP contribution in [0.5, 0.6) is 0 Å². The largest absolute Gasteiger partial charge is 0.256 e. The molecule has 0 aliphatic heterocycles. The second kappa shape index (κ2) is 12.6. The van der Waals surface area contributed by atoms with E-state index in [1.54, 1.807) is 0 Å². The van der Waals surface area contributed by atoms with Crippen LogP contribution in [0, 0.1) is 0 Å². The maximum Gasteiger partial charge on any atom is 0.101 e. The van der Waals surface area contributed by atoms with Crippen molar-refractivity contribution >= 4 is 54.4 Å². The lowest BCUT2D eigenvalue weighted by Crippen LogP contribution is -1.98. The molecular weight excluding hydrogens is 671 g/mol. The van der Waals surface area contributed by atoms with Gasteiger partial charge in [-0.2, -0.15) is 5.10 Å². The van der Waals surface area contributed by atoms with Gasteiger partial charge in [0.25, 0.3) is 0 Å². The van der Waals surface area contributed by atoms with E-state index in [4.69, 9.17) is 20.1 Å². The Morgan fingerprint density at radius 2 is 1.00 bits per heavy atom. The fourth-order valence-electron chi connectivity index (χ4n) is 8.27. The van der Waals surface area contributed by atoms with Crippen LogP contribution < -0.4 is 0 Å². The summed E-state index contributed by atoms with van der Waals surface area (Å²) in [5, 5.41) is 12.0. The number of fused-ring (bicyclic) bond motifs is 7. The molecule has 0 atom stereocenters. The molecule has 4 heterocycles. The molecule has 11 aromatic rings. The van der Waals surface area contributed by atoms with Crippen molar-refractivity contribution in [3.05, 3.63) is 188 Å². The first-order valence-electron chi connectivity index (χ1n) is 18.5. The number of aromatic nitrogens is 5. The summed E-state index contributed by atoms with van der Waals surface area (Å²) in [6.45, 7) is 0. The van der Waals surface area contributed by atoms with Crippen LogP contribution >= 0.6 is 0 Å². The third kappa shape index (κ3) is 4.94. The average Bonchev–Trinajstić information content (AvgIpc) is 3.67. The minimum Gasteiger partial charge on any atom is -0.256 e. The first-order valence-corrected chi connectivity index (χ1v) is 18.5. The lowest BCUT2D eigenvalue weighted by atomic mass is 9.84. The van der Waals surface area contributed by atoms with E-state index >= 15 is 0 Å². The molecule has 5 nitrogen and oxygen atoms in total. The first-order chi connectivity index (χ1) is 27.3. The molecule has 0 fully saturated rings. The zero-order valence-electron chi connectivity index (χ0n) is 29.6. The molecule has 7 aromatic carbocycles. The van der Waals surface area contributed by atoms with Crippen molar-refractivity contribution in [3.63, 3.8) is 0 Å². The van der Waals surface area contributed by atoms with Crippen LogP contribution in [0.3, 0.4) is 0 Å². The fourth-order valence-corrected chi connectivity index (χ4v) is 8.27. The molecule has 0 aliphatic rings. The normalized spacial score (nSPS) is 11.6. The highest BCUT2D eigenvalue weighted by molar-refractivity contribution is 6.25. The highest BCUT2D eigenvalue weighted by Gasteiger charge is 2.26. The maximum absolute atomic E-state index is 5.45. The van der Waals surface area contributed by atoms with Crippen LogP contribution in [0.4, 0.5) is 0 Å². The molecule has 11 rings (SSSR count). The molecule has 0 N–H and O–H groups in total. The van der Waals surface area contributed by atoms with Gasteiger partial charge in [0.2, 0.25) is 0 Å². The van der Waals surface area contributed by atoms with Crippen molar-refractivity contribution in [1.82, 2.24) is 24.7 Å². The van der Waals surface area contributed by atoms with E-state index in [1.807, 2.05) is 30.6 Å². The Balaban J connectivity index is 1.27. The van der Waals surface area contributed by atoms with E-state index in [0.717, 1.165) is 105 Å². The smallest absolute Gasteiger partial charge is 0.101 e. The molecule has 4 aromatic heterocycles. The van der Waals surface area contributed by atoms with Crippen LogP contribution in [0.15, 0.2) is 188 Å². The Morgan fingerprint density at radius 3 is 1.78 bits per heavy atom. The van der Waals surface area contributed by atoms with Gasteiger partial charge in [0.1, 0.15) is 5.69 Å². The number of hydrogen-bond donors (Lipinski definition) is 0. The van der Waals surface area contributed by atoms with Crippen molar-refractivity contribution in [1.29, 1.82) is 0 Å². The van der Waals surface area contributed by atoms with Crippen LogP contribution in [0.1, 0.15) is 0 Å². The predicted molar refractivity (Wildman–Crippen MR) is 226 cm³/mol. The molecule has 256 valence electrons. The summed E-state index contributed by atoms with van der Waals surface area (Å²) in [7, 11) is 0. The van der Waals surface area contributed by atoms with Gasteiger partial charge >= 0.3 is 0 Å². The van der Waals surface area contributed by atoms with Crippen molar-refractivity contribution in [2.45, 2.75) is 0 Å². The van der Waals surface area contributed by atoms with Crippen LogP contribution in [0.2, 0.25) is 0 Å². The van der Waals surface area contributed by atoms with Crippen molar-refractivity contribution in [2.75, 3.05) is 0 Å². The third-order valence-electron chi connectivity index (χ3n) is 10.7. The van der Waals surface area contributed by atoms with Gasteiger partial charge in [0.05, 0.1) is 33.4 Å². The number of rotatable bonds is 5. The topological polar surface area (TPSA) is 56.5 Å². The quantitative estimate of drug-likeness (QED) is 0.168. The lowest BCUT2D eigenvalue weighted by Gasteiger charge is -2.19. The Kier molecular flexibility index (Phi) is 7.10. The number of benzene rings is 7. The molecule has 0 amide bonds. The van der Waals surface area contributed by atoms with Gasteiger partial charge in [-0.05, 0) is 41.3 Å². The van der Waals surface area contributed by atoms with E-state index in [9.17, 15) is 0 Å². The van der Waals surface area contributed by atoms with E-state index < -0.39 is 0 Å². The molecular formula is C50H31N5. The van der Waals surface area contributed by atoms with Gasteiger partial charge in [0, 0.05) is 67.1 Å². The van der Waals surface area contributed by atoms with Crippen molar-refractivity contribution in [2.24, 2.45) is 0 Å². The lowest BCUT2D eigenvalue weighted by molar-refractivity contribution is 0.918. The SMILES string of the molecule is c1ccc(-c2nn(-c3ccccc3)c3c2c(-c2ccccc2)c(-c2ccc(-c4ccc5ccc6cccnc6c5n4)c4cccnc24)c2ccccc23)cc1. The third-order valence-corrected chi connectivity index (χ3v) is 10.7. The maximum atomic E-state index is 5.45. The number of hydrogen-bond acceptors (Lipinski definition) is 4. The minimum absolute atomic E-state index is 0.884. The molecule has 5 heteroatoms. The Bertz CT molecular complexity index is 3250. The fraction of sp³-hybridized carbons (Fsp3) is 0. The predicted octanol–water partition coefficient (Wildman–Crippen LogP) is 12.5. The monoisotopic (exact) mass is 701 g/mol. The molecule has 0 bridgehead atoms. The number of pyridine rings is 3. The molecule has 0 saturated heterocycles. The van der Waals surface area contributed by atoms with Crippen LogP contribution in [-0.4, -0.2) is 24.7 Å². The standard InChI is InChI=1S/C50H31N5/c1-4-14-32(15-5-1)43-44(38-21-10-11-22-40(38)50-45(43)46(33-16-6-2-7-17-33)54-55(50)36-19-8-3-9-20-36)41-28-27-37(39-23-13-31-52-49(39)41)42-29-26-35-25-24-34-18-12-30-51-47(34)48(35)53-42/h1-31H. The molecule has 0 unspecified atom stereocenters. The number of nitrogens with zero attached hydrogens (tertiary/aromatic N) is 5. The summed E-state index contributed by atoms with van der Waals surface area (Å²) >= 11 is 0. The van der Waals surface area contributed by atoms with Crippen LogP contribution in [-0.2, 0) is 0 Å². The molecule has 0 saturated carbocycles. The summed E-state index contributed by atoms with van der Waals surface area (Å²) < 4.78 is 2.12. The zero-order chi connectivity index (χ0) is 36.3. The summed E-state index contributed by atoms with van der Waals surface area (Å²) in [5.41, 5.74) is 13.1. The van der Waals surface area contributed by atoms with Gasteiger partial charge in [-0.3, -0.25) is 9.97 Å². The molecule has 0 spiro atoms. The Morgan fingerprint density at radius 1 is 0.400 bits per heavy atom. The van der Waals surface area contributed by atoms with Gasteiger partial charge in [-0.1, -0.05) is 146 Å². The van der Waals surface area contributed by atoms with Crippen LogP contribution in [0.25, 0.3) is 105 Å². The van der Waals surface area contributed by atoms with Gasteiger partial charge < -0.3 is 0 Å². The highest BCUT2D eigenvalue weighted by Crippen LogP contribution is 2.50. The van der Waals surface area contributed by atoms with E-state index in [2.05, 4.69) is 162 Å². The summed E-state index contributed by atoms with van der Waals surface area (Å²) in [6, 6.07) is 61.6. The summed E-state index contributed by atoms with van der Waals surface area (Å²) in [6.07, 6.45) is 3.73. The average molecular weight is 702 g/mol. The van der Waals surface area contributed by atoms with Gasteiger partial charge in [-0.25, -0.2) is 9.67 Å². The Hall–Kier alpha value is -7.50. The molecule has 0 aliphatic carbocycles. The van der Waals surface area contributed by atoms with E-state index in [-0.39, 0.29) is 0 Å². The molecule has 55 heavy (non-hydrogen) atoms. The Labute approximate surface area is 316 Å². The first kappa shape index (κ1) is 31.1. The summed E-state index contributed by atoms with van der Waals surface area (Å²) in [4.78, 5) is 15.1. The van der Waals surface area contributed by atoms with Gasteiger partial charge in [-0.15, -0.1) is 0 Å². The second-order valence-electron chi connectivity index (χ2n) is 13.8. The molecule has 0 radical (unpaired) electrons. The van der Waals surface area contributed by atoms with E-state index in [1.165, 1.54) is 0 Å².